The molecule has 2 aromatic heterocycles. The second kappa shape index (κ2) is 13.3. The lowest BCUT2D eigenvalue weighted by Crippen LogP contribution is -2.22. The topological polar surface area (TPSA) is 127 Å². The molecule has 4 aromatic rings. The van der Waals surface area contributed by atoms with Crippen molar-refractivity contribution in [2.75, 3.05) is 17.2 Å². The van der Waals surface area contributed by atoms with E-state index in [-0.39, 0.29) is 35.0 Å². The van der Waals surface area contributed by atoms with Gasteiger partial charge in [0.1, 0.15) is 23.1 Å². The van der Waals surface area contributed by atoms with Gasteiger partial charge in [-0.05, 0) is 43.7 Å². The van der Waals surface area contributed by atoms with E-state index in [1.165, 1.54) is 23.7 Å². The third-order valence-corrected chi connectivity index (χ3v) is 6.38. The Morgan fingerprint density at radius 1 is 0.977 bits per heavy atom. The average Bonchev–Trinajstić information content (AvgIpc) is 3.37. The van der Waals surface area contributed by atoms with Crippen LogP contribution in [-0.2, 0) is 10.2 Å². The van der Waals surface area contributed by atoms with Gasteiger partial charge in [0.15, 0.2) is 5.78 Å². The third kappa shape index (κ3) is 8.48. The minimum absolute atomic E-state index is 0.0373. The summed E-state index contributed by atoms with van der Waals surface area (Å²) in [5.74, 6) is 0.231. The number of nitrogens with one attached hydrogen (secondary N) is 3. The molecule has 3 amide bonds. The van der Waals surface area contributed by atoms with Gasteiger partial charge in [0, 0.05) is 61.0 Å². The number of aromatic nitrogens is 3. The first-order chi connectivity index (χ1) is 20.4. The maximum atomic E-state index is 14.9. The van der Waals surface area contributed by atoms with Crippen LogP contribution in [0.1, 0.15) is 62.3 Å². The Labute approximate surface area is 249 Å². The minimum atomic E-state index is -0.677. The molecule has 0 aliphatic rings. The highest BCUT2D eigenvalue weighted by molar-refractivity contribution is 6.00. The summed E-state index contributed by atoms with van der Waals surface area (Å²) < 4.78 is 22.1. The van der Waals surface area contributed by atoms with Gasteiger partial charge in [0.2, 0.25) is 5.91 Å². The van der Waals surface area contributed by atoms with E-state index >= 15 is 0 Å². The molecule has 0 aliphatic heterocycles. The first kappa shape index (κ1) is 30.9. The van der Waals surface area contributed by atoms with E-state index in [9.17, 15) is 18.8 Å². The third-order valence-electron chi connectivity index (χ3n) is 6.38. The number of rotatable bonds is 10. The zero-order valence-corrected chi connectivity index (χ0v) is 24.8. The van der Waals surface area contributed by atoms with E-state index in [4.69, 9.17) is 9.84 Å². The molecule has 11 heteroatoms. The van der Waals surface area contributed by atoms with Gasteiger partial charge in [-0.1, -0.05) is 32.9 Å². The number of hydrogen-bond donors (Lipinski definition) is 3. The summed E-state index contributed by atoms with van der Waals surface area (Å²) in [5, 5.41) is 12.7. The number of carbonyl (C=O) groups excluding carboxylic acids is 3. The van der Waals surface area contributed by atoms with Crippen LogP contribution in [0.2, 0.25) is 0 Å². The highest BCUT2D eigenvalue weighted by atomic mass is 19.1. The van der Waals surface area contributed by atoms with Crippen LogP contribution in [0.3, 0.4) is 0 Å². The zero-order valence-electron chi connectivity index (χ0n) is 24.8. The number of aryl methyl sites for hydroxylation is 1. The monoisotopic (exact) mass is 586 g/mol. The van der Waals surface area contributed by atoms with Crippen molar-refractivity contribution in [3.8, 4) is 17.2 Å². The molecule has 10 nitrogen and oxygen atoms in total. The maximum Gasteiger partial charge on any atom is 0.324 e. The second-order valence-electron chi connectivity index (χ2n) is 11.1. The fraction of sp³-hybridized carbons (Fsp3) is 0.281. The van der Waals surface area contributed by atoms with Crippen molar-refractivity contribution in [3.63, 3.8) is 0 Å². The number of ketones is 1. The highest BCUT2D eigenvalue weighted by Gasteiger charge is 2.22. The van der Waals surface area contributed by atoms with Crippen molar-refractivity contribution in [3.05, 3.63) is 89.6 Å². The molecule has 2 aromatic carbocycles. The lowest BCUT2D eigenvalue weighted by atomic mass is 9.92. The van der Waals surface area contributed by atoms with Crippen molar-refractivity contribution in [1.82, 2.24) is 20.1 Å². The molecule has 0 saturated carbocycles. The van der Waals surface area contributed by atoms with E-state index < -0.39 is 11.8 Å². The van der Waals surface area contributed by atoms with Gasteiger partial charge in [0.05, 0.1) is 17.1 Å². The molecular weight excluding hydrogens is 551 g/mol. The zero-order chi connectivity index (χ0) is 31.1. The number of ether oxygens (including phenoxy) is 1. The number of anilines is 2. The molecule has 0 fully saturated rings. The molecule has 3 N–H and O–H groups in total. The molecule has 0 aliphatic carbocycles. The Morgan fingerprint density at radius 3 is 2.44 bits per heavy atom. The number of amides is 3. The molecule has 4 rings (SSSR count). The normalized spacial score (nSPS) is 11.1. The fourth-order valence-corrected chi connectivity index (χ4v) is 4.15. The minimum Gasteiger partial charge on any atom is -0.457 e. The predicted octanol–water partition coefficient (Wildman–Crippen LogP) is 6.55. The number of hydrogen-bond acceptors (Lipinski definition) is 6. The molecule has 0 unspecified atom stereocenters. The smallest absolute Gasteiger partial charge is 0.324 e. The quantitative estimate of drug-likeness (QED) is 0.143. The van der Waals surface area contributed by atoms with Crippen molar-refractivity contribution in [1.29, 1.82) is 0 Å². The average molecular weight is 587 g/mol. The largest absolute Gasteiger partial charge is 0.457 e. The second-order valence-corrected chi connectivity index (χ2v) is 11.1. The summed E-state index contributed by atoms with van der Waals surface area (Å²) in [6.07, 6.45) is 2.38. The summed E-state index contributed by atoms with van der Waals surface area (Å²) >= 11 is 0. The number of urea groups is 1. The molecular formula is C32H35FN6O4. The van der Waals surface area contributed by atoms with Crippen LogP contribution in [0, 0.1) is 12.7 Å². The van der Waals surface area contributed by atoms with E-state index in [1.807, 2.05) is 27.7 Å². The standard InChI is InChI=1S/C32H35FN6O4/c1-20-16-25(13-15-34-20)43-24-11-12-27(26(33)18-24)36-31(42)37-30-19-29(32(3,4)5)38-39(30)23-9-6-8-22(17-23)28(41)10-7-14-35-21(2)40/h6,8-9,11-13,15-19H,7,10,14H2,1-5H3,(H,35,40)(H2,36,37,42). The molecule has 224 valence electrons. The molecule has 0 saturated heterocycles. The van der Waals surface area contributed by atoms with Crippen LogP contribution in [-0.4, -0.2) is 39.0 Å². The number of nitrogens with zero attached hydrogens (tertiary/aromatic N) is 3. The Morgan fingerprint density at radius 2 is 1.74 bits per heavy atom. The van der Waals surface area contributed by atoms with Crippen molar-refractivity contribution in [2.45, 2.75) is 52.9 Å². The van der Waals surface area contributed by atoms with E-state index in [0.29, 0.717) is 41.5 Å². The summed E-state index contributed by atoms with van der Waals surface area (Å²) in [7, 11) is 0. The first-order valence-corrected chi connectivity index (χ1v) is 13.9. The number of benzene rings is 2. The molecule has 0 radical (unpaired) electrons. The molecule has 43 heavy (non-hydrogen) atoms. The lowest BCUT2D eigenvalue weighted by molar-refractivity contribution is -0.118. The number of Topliss-reactive ketones (excluding diaryl/α,β-unsaturated/α-hetero) is 1. The SMILES string of the molecule is CC(=O)NCCCC(=O)c1cccc(-n2nc(C(C)(C)C)cc2NC(=O)Nc2ccc(Oc3ccnc(C)c3)cc2F)c1. The highest BCUT2D eigenvalue weighted by Crippen LogP contribution is 2.28. The summed E-state index contributed by atoms with van der Waals surface area (Å²) in [5.41, 5.74) is 2.13. The molecule has 0 spiro atoms. The summed E-state index contributed by atoms with van der Waals surface area (Å²) in [6.45, 7) is 9.64. The Balaban J connectivity index is 1.50. The van der Waals surface area contributed by atoms with Gasteiger partial charge in [-0.15, -0.1) is 0 Å². The van der Waals surface area contributed by atoms with Crippen molar-refractivity contribution >= 4 is 29.2 Å². The predicted molar refractivity (Wildman–Crippen MR) is 163 cm³/mol. The van der Waals surface area contributed by atoms with Crippen LogP contribution in [0.5, 0.6) is 11.5 Å². The van der Waals surface area contributed by atoms with Crippen LogP contribution in [0.25, 0.3) is 5.69 Å². The maximum absolute atomic E-state index is 14.9. The van der Waals surface area contributed by atoms with Crippen LogP contribution in [0.4, 0.5) is 20.7 Å². The van der Waals surface area contributed by atoms with Gasteiger partial charge >= 0.3 is 6.03 Å². The van der Waals surface area contributed by atoms with Crippen LogP contribution >= 0.6 is 0 Å². The van der Waals surface area contributed by atoms with E-state index in [1.54, 1.807) is 54.7 Å². The van der Waals surface area contributed by atoms with Crippen molar-refractivity contribution < 1.29 is 23.5 Å². The molecule has 0 bridgehead atoms. The van der Waals surface area contributed by atoms with Gasteiger partial charge in [-0.25, -0.2) is 13.9 Å². The summed E-state index contributed by atoms with van der Waals surface area (Å²) in [4.78, 5) is 41.0. The Kier molecular flexibility index (Phi) is 9.54. The molecule has 0 atom stereocenters. The van der Waals surface area contributed by atoms with Crippen LogP contribution in [0.15, 0.2) is 66.9 Å². The van der Waals surface area contributed by atoms with Gasteiger partial charge in [-0.2, -0.15) is 5.10 Å². The number of pyridine rings is 1. The van der Waals surface area contributed by atoms with Gasteiger partial charge in [-0.3, -0.25) is 19.9 Å². The van der Waals surface area contributed by atoms with Crippen LogP contribution < -0.4 is 20.7 Å². The Hall–Kier alpha value is -5.06. The number of carbonyl (C=O) groups is 3. The summed E-state index contributed by atoms with van der Waals surface area (Å²) in [6, 6.07) is 15.5. The Bertz CT molecular complexity index is 1640. The van der Waals surface area contributed by atoms with Gasteiger partial charge in [0.25, 0.3) is 0 Å². The molecule has 2 heterocycles. The van der Waals surface area contributed by atoms with Gasteiger partial charge < -0.3 is 15.4 Å². The fourth-order valence-electron chi connectivity index (χ4n) is 4.15. The first-order valence-electron chi connectivity index (χ1n) is 13.9. The number of halogens is 1. The van der Waals surface area contributed by atoms with E-state index in [0.717, 1.165) is 5.69 Å². The lowest BCUT2D eigenvalue weighted by Gasteiger charge is -2.14. The van der Waals surface area contributed by atoms with Crippen molar-refractivity contribution in [2.24, 2.45) is 0 Å². The van der Waals surface area contributed by atoms with E-state index in [2.05, 4.69) is 20.9 Å².